The van der Waals surface area contributed by atoms with Crippen LogP contribution in [0.2, 0.25) is 0 Å². The molecular formula is C9H14F3NO3S. The van der Waals surface area contributed by atoms with Crippen LogP contribution >= 0.6 is 0 Å². The zero-order valence-electron chi connectivity index (χ0n) is 9.07. The van der Waals surface area contributed by atoms with Crippen molar-refractivity contribution < 1.29 is 26.7 Å². The molecule has 0 aromatic heterocycles. The van der Waals surface area contributed by atoms with E-state index < -0.39 is 21.8 Å². The van der Waals surface area contributed by atoms with Crippen molar-refractivity contribution in [2.45, 2.75) is 19.0 Å². The highest BCUT2D eigenvalue weighted by Crippen LogP contribution is 2.30. The Kier molecular flexibility index (Phi) is 4.56. The van der Waals surface area contributed by atoms with Crippen molar-refractivity contribution in [2.75, 3.05) is 25.4 Å². The van der Waals surface area contributed by atoms with Gasteiger partial charge >= 0.3 is 6.18 Å². The molecule has 0 saturated carbocycles. The van der Waals surface area contributed by atoms with Crippen molar-refractivity contribution in [1.82, 2.24) is 4.31 Å². The maximum absolute atomic E-state index is 12.3. The van der Waals surface area contributed by atoms with Gasteiger partial charge in [0.2, 0.25) is 10.0 Å². The largest absolute Gasteiger partial charge is 0.412 e. The summed E-state index contributed by atoms with van der Waals surface area (Å²) in [5, 5.41) is 8.53. The second-order valence-electron chi connectivity index (χ2n) is 3.73. The monoisotopic (exact) mass is 273 g/mol. The molecule has 0 saturated heterocycles. The molecule has 0 radical (unpaired) electrons. The second-order valence-corrected chi connectivity index (χ2v) is 5.82. The van der Waals surface area contributed by atoms with Crippen molar-refractivity contribution in [3.8, 4) is 0 Å². The lowest BCUT2D eigenvalue weighted by atomic mass is 10.1. The molecular weight excluding hydrogens is 259 g/mol. The minimum atomic E-state index is -4.37. The molecule has 1 heterocycles. The second kappa shape index (κ2) is 5.36. The van der Waals surface area contributed by atoms with Crippen LogP contribution < -0.4 is 0 Å². The third kappa shape index (κ3) is 3.97. The van der Waals surface area contributed by atoms with Gasteiger partial charge in [0.15, 0.2) is 0 Å². The Balaban J connectivity index is 2.66. The fraction of sp³-hybridized carbons (Fsp3) is 0.778. The van der Waals surface area contributed by atoms with E-state index in [4.69, 9.17) is 5.11 Å². The average Bonchev–Trinajstić information content (AvgIpc) is 2.25. The molecule has 0 spiro atoms. The zero-order chi connectivity index (χ0) is 13.1. The molecule has 1 aliphatic rings. The van der Waals surface area contributed by atoms with Crippen LogP contribution in [0.15, 0.2) is 11.6 Å². The number of aliphatic hydroxyl groups is 1. The molecule has 1 aliphatic heterocycles. The number of aliphatic hydroxyl groups excluding tert-OH is 1. The Labute approximate surface area is 97.8 Å². The Hall–Kier alpha value is -0.600. The van der Waals surface area contributed by atoms with Crippen LogP contribution in [0.25, 0.3) is 0 Å². The molecule has 0 unspecified atom stereocenters. The zero-order valence-corrected chi connectivity index (χ0v) is 9.89. The number of halogens is 3. The number of alkyl halides is 3. The van der Waals surface area contributed by atoms with E-state index in [-0.39, 0.29) is 38.3 Å². The number of nitrogens with zero attached hydrogens (tertiary/aromatic N) is 1. The summed E-state index contributed by atoms with van der Waals surface area (Å²) in [6, 6.07) is 0. The summed E-state index contributed by atoms with van der Waals surface area (Å²) in [5.41, 5.74) is -0.675. The van der Waals surface area contributed by atoms with Gasteiger partial charge in [-0.15, -0.1) is 0 Å². The molecule has 1 N–H and O–H groups in total. The van der Waals surface area contributed by atoms with Crippen LogP contribution in [0, 0.1) is 0 Å². The lowest BCUT2D eigenvalue weighted by Gasteiger charge is -2.26. The summed E-state index contributed by atoms with van der Waals surface area (Å²) in [7, 11) is -3.55. The molecule has 8 heteroatoms. The number of sulfonamides is 1. The molecule has 0 amide bonds. The van der Waals surface area contributed by atoms with Crippen molar-refractivity contribution in [1.29, 1.82) is 0 Å². The van der Waals surface area contributed by atoms with E-state index >= 15 is 0 Å². The first-order chi connectivity index (χ1) is 7.77. The minimum absolute atomic E-state index is 0.0919. The normalized spacial score (nSPS) is 19.2. The van der Waals surface area contributed by atoms with Gasteiger partial charge in [-0.05, 0) is 12.8 Å². The van der Waals surface area contributed by atoms with E-state index in [1.165, 1.54) is 0 Å². The van der Waals surface area contributed by atoms with Crippen LogP contribution in [0.1, 0.15) is 12.8 Å². The molecule has 0 bridgehead atoms. The van der Waals surface area contributed by atoms with E-state index in [2.05, 4.69) is 0 Å². The van der Waals surface area contributed by atoms with E-state index in [0.29, 0.717) is 0 Å². The fourth-order valence-corrected chi connectivity index (χ4v) is 2.96. The summed E-state index contributed by atoms with van der Waals surface area (Å²) in [4.78, 5) is 0. The highest BCUT2D eigenvalue weighted by atomic mass is 32.2. The van der Waals surface area contributed by atoms with Gasteiger partial charge in [-0.3, -0.25) is 0 Å². The van der Waals surface area contributed by atoms with Crippen molar-refractivity contribution in [2.24, 2.45) is 0 Å². The maximum atomic E-state index is 12.3. The van der Waals surface area contributed by atoms with Crippen LogP contribution in [0.5, 0.6) is 0 Å². The topological polar surface area (TPSA) is 57.6 Å². The maximum Gasteiger partial charge on any atom is 0.412 e. The number of rotatable bonds is 4. The number of hydrogen-bond acceptors (Lipinski definition) is 3. The van der Waals surface area contributed by atoms with Crippen molar-refractivity contribution in [3.05, 3.63) is 11.6 Å². The average molecular weight is 273 g/mol. The smallest absolute Gasteiger partial charge is 0.396 e. The highest BCUT2D eigenvalue weighted by molar-refractivity contribution is 7.89. The summed E-state index contributed by atoms with van der Waals surface area (Å²) in [6.07, 6.45) is -3.70. The lowest BCUT2D eigenvalue weighted by Crippen LogP contribution is -2.38. The first-order valence-corrected chi connectivity index (χ1v) is 6.73. The fourth-order valence-electron chi connectivity index (χ4n) is 1.54. The molecule has 100 valence electrons. The predicted molar refractivity (Wildman–Crippen MR) is 55.8 cm³/mol. The van der Waals surface area contributed by atoms with E-state index in [0.717, 1.165) is 10.4 Å². The van der Waals surface area contributed by atoms with Gasteiger partial charge in [-0.25, -0.2) is 8.42 Å². The Morgan fingerprint density at radius 2 is 2.06 bits per heavy atom. The van der Waals surface area contributed by atoms with Crippen LogP contribution in [-0.4, -0.2) is 49.5 Å². The predicted octanol–water partition coefficient (Wildman–Crippen LogP) is 0.893. The Bertz CT molecular complexity index is 389. The van der Waals surface area contributed by atoms with Gasteiger partial charge in [-0.2, -0.15) is 17.5 Å². The Morgan fingerprint density at radius 1 is 1.41 bits per heavy atom. The van der Waals surface area contributed by atoms with Crippen LogP contribution in [-0.2, 0) is 10.0 Å². The van der Waals surface area contributed by atoms with Crippen molar-refractivity contribution >= 4 is 10.0 Å². The first-order valence-electron chi connectivity index (χ1n) is 5.12. The van der Waals surface area contributed by atoms with Gasteiger partial charge in [0, 0.05) is 25.3 Å². The third-order valence-corrected chi connectivity index (χ3v) is 4.41. The SMILES string of the molecule is O=S(=O)(CCCO)N1CC=C(C(F)(F)F)CC1. The minimum Gasteiger partial charge on any atom is -0.396 e. The van der Waals surface area contributed by atoms with E-state index in [9.17, 15) is 21.6 Å². The highest BCUT2D eigenvalue weighted by Gasteiger charge is 2.36. The van der Waals surface area contributed by atoms with Gasteiger partial charge in [0.05, 0.1) is 5.75 Å². The van der Waals surface area contributed by atoms with Gasteiger partial charge in [0.1, 0.15) is 0 Å². The summed E-state index contributed by atoms with van der Waals surface area (Å²) in [5.74, 6) is -0.237. The van der Waals surface area contributed by atoms with Crippen molar-refractivity contribution in [3.63, 3.8) is 0 Å². The quantitative estimate of drug-likeness (QED) is 0.774. The van der Waals surface area contributed by atoms with Gasteiger partial charge in [0.25, 0.3) is 0 Å². The molecule has 0 aliphatic carbocycles. The standard InChI is InChI=1S/C9H14F3NO3S/c10-9(11,12)8-2-4-13(5-3-8)17(15,16)7-1-6-14/h2,14H,1,3-7H2. The molecule has 1 rings (SSSR count). The number of hydrogen-bond donors (Lipinski definition) is 1. The van der Waals surface area contributed by atoms with Gasteiger partial charge < -0.3 is 5.11 Å². The molecule has 0 fully saturated rings. The van der Waals surface area contributed by atoms with Crippen LogP contribution in [0.3, 0.4) is 0 Å². The summed E-state index contributed by atoms with van der Waals surface area (Å²) < 4.78 is 61.1. The molecule has 4 nitrogen and oxygen atoms in total. The summed E-state index contributed by atoms with van der Waals surface area (Å²) in [6.45, 7) is -0.654. The first kappa shape index (κ1) is 14.5. The van der Waals surface area contributed by atoms with E-state index in [1.807, 2.05) is 0 Å². The molecule has 17 heavy (non-hydrogen) atoms. The third-order valence-electron chi connectivity index (χ3n) is 2.49. The van der Waals surface area contributed by atoms with Crippen LogP contribution in [0.4, 0.5) is 13.2 Å². The van der Waals surface area contributed by atoms with Gasteiger partial charge in [-0.1, -0.05) is 6.08 Å². The molecule has 0 atom stereocenters. The lowest BCUT2D eigenvalue weighted by molar-refractivity contribution is -0.0953. The Morgan fingerprint density at radius 3 is 2.47 bits per heavy atom. The molecule has 0 aromatic carbocycles. The van der Waals surface area contributed by atoms with E-state index in [1.54, 1.807) is 0 Å². The molecule has 0 aromatic rings. The summed E-state index contributed by atoms with van der Waals surface area (Å²) >= 11 is 0.